The van der Waals surface area contributed by atoms with Crippen molar-refractivity contribution in [2.24, 2.45) is 5.92 Å². The molecule has 1 aliphatic carbocycles. The first kappa shape index (κ1) is 51.7. The molecule has 3 amide bonds. The molecular weight excluding hydrogens is 928 g/mol. The number of ether oxygens (including phenoxy) is 2. The summed E-state index contributed by atoms with van der Waals surface area (Å²) in [6.45, 7) is 6.86. The van der Waals surface area contributed by atoms with E-state index in [0.717, 1.165) is 51.1 Å². The number of alkyl halides is 3. The minimum atomic E-state index is -4.70. The van der Waals surface area contributed by atoms with Crippen molar-refractivity contribution in [1.82, 2.24) is 16.0 Å². The molecule has 6 aromatic rings. The van der Waals surface area contributed by atoms with Crippen LogP contribution in [0.3, 0.4) is 0 Å². The third-order valence-electron chi connectivity index (χ3n) is 12.5. The second-order valence-corrected chi connectivity index (χ2v) is 18.8. The summed E-state index contributed by atoms with van der Waals surface area (Å²) in [7, 11) is 0. The standard InChI is InChI=1S/C57H56F3N3O7S/c1-4-31-69-51(65)34-50(64)52(37(2)3)63-54(67)49(36-71-56(39-20-8-5-9-21-39,40-22-10-6-11-23-40)41-24-12-7-13-25-41)61-53(66)48(33-38-19-18-26-42(32-38)57(58,59)60)62-55(68)70-35-47-45-29-16-14-27-43(45)44-28-15-17-30-46(44)47/h4-30,32,37,47-50,52,64H,1,31,33-36H2,2-3H3,(H,61,66)(H,62,68)(H,63,67)/t48-,49-,50+,52-/m1/s1. The van der Waals surface area contributed by atoms with Gasteiger partial charge in [-0.1, -0.05) is 184 Å². The van der Waals surface area contributed by atoms with Crippen LogP contribution < -0.4 is 16.0 Å². The summed E-state index contributed by atoms with van der Waals surface area (Å²) in [5.74, 6) is -3.21. The van der Waals surface area contributed by atoms with Crippen molar-refractivity contribution >= 4 is 35.6 Å². The van der Waals surface area contributed by atoms with Crippen LogP contribution >= 0.6 is 11.8 Å². The normalized spacial score (nSPS) is 14.0. The van der Waals surface area contributed by atoms with Crippen molar-refractivity contribution in [3.05, 3.63) is 215 Å². The summed E-state index contributed by atoms with van der Waals surface area (Å²) < 4.78 is 52.0. The Bertz CT molecular complexity index is 2630. The highest BCUT2D eigenvalue weighted by Gasteiger charge is 2.40. The van der Waals surface area contributed by atoms with E-state index in [-0.39, 0.29) is 30.4 Å². The first-order valence-corrected chi connectivity index (χ1v) is 24.3. The lowest BCUT2D eigenvalue weighted by molar-refractivity contribution is -0.145. The molecule has 368 valence electrons. The zero-order chi connectivity index (χ0) is 50.5. The molecule has 0 aliphatic heterocycles. The van der Waals surface area contributed by atoms with E-state index in [1.807, 2.05) is 140 Å². The Morgan fingerprint density at radius 2 is 1.17 bits per heavy atom. The Balaban J connectivity index is 1.23. The van der Waals surface area contributed by atoms with Crippen LogP contribution in [-0.2, 0) is 41.2 Å². The average molecular weight is 984 g/mol. The number of halogens is 3. The smallest absolute Gasteiger partial charge is 0.416 e. The summed E-state index contributed by atoms with van der Waals surface area (Å²) in [5, 5.41) is 19.7. The van der Waals surface area contributed by atoms with Gasteiger partial charge in [-0.15, -0.1) is 11.8 Å². The molecule has 6 aromatic carbocycles. The summed E-state index contributed by atoms with van der Waals surface area (Å²) >= 11 is 1.36. The lowest BCUT2D eigenvalue weighted by atomic mass is 9.84. The van der Waals surface area contributed by atoms with Gasteiger partial charge in [0.05, 0.1) is 28.9 Å². The molecule has 10 nitrogen and oxygen atoms in total. The molecule has 0 aromatic heterocycles. The topological polar surface area (TPSA) is 143 Å². The summed E-state index contributed by atoms with van der Waals surface area (Å²) in [5.41, 5.74) is 5.60. The van der Waals surface area contributed by atoms with Gasteiger partial charge in [0.1, 0.15) is 25.3 Å². The molecule has 7 rings (SSSR count). The second kappa shape index (κ2) is 23.6. The van der Waals surface area contributed by atoms with Gasteiger partial charge >= 0.3 is 18.2 Å². The predicted molar refractivity (Wildman–Crippen MR) is 269 cm³/mol. The number of hydrogen-bond acceptors (Lipinski definition) is 8. The van der Waals surface area contributed by atoms with Crippen LogP contribution in [0, 0.1) is 5.92 Å². The van der Waals surface area contributed by atoms with Gasteiger partial charge in [0.15, 0.2) is 0 Å². The van der Waals surface area contributed by atoms with Gasteiger partial charge in [-0.2, -0.15) is 13.2 Å². The number of benzene rings is 6. The van der Waals surface area contributed by atoms with E-state index < -0.39 is 83.4 Å². The Kier molecular flexibility index (Phi) is 17.2. The maximum absolute atomic E-state index is 14.9. The second-order valence-electron chi connectivity index (χ2n) is 17.6. The zero-order valence-electron chi connectivity index (χ0n) is 39.3. The van der Waals surface area contributed by atoms with Gasteiger partial charge in [-0.3, -0.25) is 14.4 Å². The summed E-state index contributed by atoms with van der Waals surface area (Å²) in [6.07, 6.45) is -6.58. The number of esters is 1. The number of aliphatic hydroxyl groups excluding tert-OH is 1. The number of alkyl carbamates (subject to hydrolysis) is 1. The number of aliphatic hydroxyl groups is 1. The van der Waals surface area contributed by atoms with E-state index in [1.165, 1.54) is 30.0 Å². The van der Waals surface area contributed by atoms with Crippen LogP contribution in [0.15, 0.2) is 176 Å². The van der Waals surface area contributed by atoms with E-state index in [1.54, 1.807) is 13.8 Å². The van der Waals surface area contributed by atoms with Crippen molar-refractivity contribution in [3.8, 4) is 11.1 Å². The van der Waals surface area contributed by atoms with Crippen LogP contribution in [0.1, 0.15) is 65.1 Å². The number of fused-ring (bicyclic) bond motifs is 3. The van der Waals surface area contributed by atoms with Crippen LogP contribution in [-0.4, -0.2) is 72.2 Å². The van der Waals surface area contributed by atoms with Crippen molar-refractivity contribution in [3.63, 3.8) is 0 Å². The fourth-order valence-electron chi connectivity index (χ4n) is 9.01. The Morgan fingerprint density at radius 3 is 1.69 bits per heavy atom. The predicted octanol–water partition coefficient (Wildman–Crippen LogP) is 9.99. The van der Waals surface area contributed by atoms with Gasteiger partial charge in [-0.25, -0.2) is 4.79 Å². The molecule has 4 N–H and O–H groups in total. The Hall–Kier alpha value is -7.16. The van der Waals surface area contributed by atoms with Gasteiger partial charge in [0, 0.05) is 18.1 Å². The van der Waals surface area contributed by atoms with E-state index in [9.17, 15) is 37.5 Å². The number of thioether (sulfide) groups is 1. The molecule has 1 aliphatic rings. The van der Waals surface area contributed by atoms with Crippen molar-refractivity contribution in [1.29, 1.82) is 0 Å². The van der Waals surface area contributed by atoms with E-state index in [4.69, 9.17) is 9.47 Å². The number of hydrogen-bond donors (Lipinski definition) is 4. The molecule has 14 heteroatoms. The van der Waals surface area contributed by atoms with Crippen molar-refractivity contribution < 1.29 is 46.9 Å². The minimum absolute atomic E-state index is 0.0761. The lowest BCUT2D eigenvalue weighted by Crippen LogP contribution is -2.58. The number of carbonyl (C=O) groups excluding carboxylic acids is 4. The van der Waals surface area contributed by atoms with E-state index in [2.05, 4.69) is 22.5 Å². The number of nitrogens with one attached hydrogen (secondary N) is 3. The van der Waals surface area contributed by atoms with Gasteiger partial charge in [0.25, 0.3) is 0 Å². The molecule has 0 unspecified atom stereocenters. The van der Waals surface area contributed by atoms with Crippen LogP contribution in [0.4, 0.5) is 18.0 Å². The Labute approximate surface area is 416 Å². The maximum atomic E-state index is 14.9. The molecule has 4 atom stereocenters. The van der Waals surface area contributed by atoms with Gasteiger partial charge < -0.3 is 30.5 Å². The molecule has 0 fully saturated rings. The number of rotatable bonds is 21. The minimum Gasteiger partial charge on any atom is -0.461 e. The third kappa shape index (κ3) is 12.6. The largest absolute Gasteiger partial charge is 0.461 e. The maximum Gasteiger partial charge on any atom is 0.416 e. The number of carbonyl (C=O) groups is 4. The molecule has 71 heavy (non-hydrogen) atoms. The monoisotopic (exact) mass is 983 g/mol. The van der Waals surface area contributed by atoms with Crippen LogP contribution in [0.5, 0.6) is 0 Å². The summed E-state index contributed by atoms with van der Waals surface area (Å²) in [6, 6.07) is 44.9. The molecule has 0 radical (unpaired) electrons. The fourth-order valence-corrected chi connectivity index (χ4v) is 10.6. The highest BCUT2D eigenvalue weighted by Crippen LogP contribution is 2.49. The zero-order valence-corrected chi connectivity index (χ0v) is 40.1. The molecule has 0 saturated carbocycles. The van der Waals surface area contributed by atoms with Gasteiger partial charge in [-0.05, 0) is 56.5 Å². The SMILES string of the molecule is C=CCOC(=O)C[C@H](O)[C@H](NC(=O)[C@@H](CSC(c1ccccc1)(c1ccccc1)c1ccccc1)NC(=O)[C@@H](Cc1cccc(C(F)(F)F)c1)NC(=O)OCC1c2ccccc2-c2ccccc21)C(C)C. The molecule has 0 spiro atoms. The first-order valence-electron chi connectivity index (χ1n) is 23.3. The highest BCUT2D eigenvalue weighted by atomic mass is 32.2. The number of amides is 3. The third-order valence-corrected chi connectivity index (χ3v) is 14.1. The lowest BCUT2D eigenvalue weighted by Gasteiger charge is -2.37. The van der Waals surface area contributed by atoms with Crippen LogP contribution in [0.25, 0.3) is 11.1 Å². The quantitative estimate of drug-likeness (QED) is 0.0317. The fraction of sp³-hybridized carbons (Fsp3) is 0.263. The molecule has 0 heterocycles. The van der Waals surface area contributed by atoms with Crippen LogP contribution in [0.2, 0.25) is 0 Å². The van der Waals surface area contributed by atoms with Crippen molar-refractivity contribution in [2.75, 3.05) is 19.0 Å². The Morgan fingerprint density at radius 1 is 0.662 bits per heavy atom. The first-order chi connectivity index (χ1) is 34.2. The molecule has 0 saturated heterocycles. The van der Waals surface area contributed by atoms with Crippen molar-refractivity contribution in [2.45, 2.75) is 67.8 Å². The van der Waals surface area contributed by atoms with E-state index in [0.29, 0.717) is 0 Å². The van der Waals surface area contributed by atoms with E-state index >= 15 is 0 Å². The highest BCUT2D eigenvalue weighted by molar-refractivity contribution is 8.00. The molecular formula is C57H56F3N3O7S. The summed E-state index contributed by atoms with van der Waals surface area (Å²) in [4.78, 5) is 56.3. The average Bonchev–Trinajstić information content (AvgIpc) is 3.70. The molecule has 0 bridgehead atoms. The van der Waals surface area contributed by atoms with Gasteiger partial charge in [0.2, 0.25) is 11.8 Å².